The molecule has 1 aliphatic rings. The Kier molecular flexibility index (Phi) is 4.11. The number of carbonyl (C=O) groups excluding carboxylic acids is 2. The Labute approximate surface area is 84.8 Å². The molecule has 0 saturated heterocycles. The van der Waals surface area contributed by atoms with Crippen molar-refractivity contribution in [3.05, 3.63) is 31.1 Å². The molecule has 0 N–H and O–H groups in total. The molecule has 0 aromatic heterocycles. The van der Waals surface area contributed by atoms with E-state index in [0.29, 0.717) is 12.5 Å². The van der Waals surface area contributed by atoms with Crippen LogP contribution in [0.1, 0.15) is 20.3 Å². The summed E-state index contributed by atoms with van der Waals surface area (Å²) in [4.78, 5) is 22.3. The van der Waals surface area contributed by atoms with Crippen LogP contribution < -0.4 is 0 Å². The van der Waals surface area contributed by atoms with Gasteiger partial charge in [-0.05, 0) is 33.1 Å². The molecule has 5 radical (unpaired) electrons. The van der Waals surface area contributed by atoms with E-state index in [-0.39, 0.29) is 18.2 Å². The van der Waals surface area contributed by atoms with Gasteiger partial charge in [-0.25, -0.2) is 0 Å². The van der Waals surface area contributed by atoms with Gasteiger partial charge >= 0.3 is 5.97 Å². The Balaban J connectivity index is 2.43. The second-order valence-corrected chi connectivity index (χ2v) is 3.00. The van der Waals surface area contributed by atoms with Gasteiger partial charge < -0.3 is 4.74 Å². The van der Waals surface area contributed by atoms with Gasteiger partial charge in [-0.3, -0.25) is 9.59 Å². The number of Topliss-reactive ketones (excluding diaryl/α,β-unsaturated/α-hetero) is 1. The Morgan fingerprint density at radius 2 is 2.07 bits per heavy atom. The van der Waals surface area contributed by atoms with Crippen LogP contribution in [0.3, 0.4) is 0 Å². The second-order valence-electron chi connectivity index (χ2n) is 3.00. The number of rotatable bonds is 4. The van der Waals surface area contributed by atoms with Crippen molar-refractivity contribution in [2.75, 3.05) is 6.61 Å². The highest BCUT2D eigenvalue weighted by Crippen LogP contribution is 2.36. The predicted molar refractivity (Wildman–Crippen MR) is 51.3 cm³/mol. The number of ether oxygens (including phenoxy) is 1. The summed E-state index contributed by atoms with van der Waals surface area (Å²) >= 11 is 0. The summed E-state index contributed by atoms with van der Waals surface area (Å²) in [7, 11) is 0. The molecule has 0 atom stereocenters. The molecular formula is C11H13O3. The Bertz CT molecular complexity index is 223. The number of esters is 1. The molecule has 14 heavy (non-hydrogen) atoms. The largest absolute Gasteiger partial charge is 0.466 e. The molecule has 0 unspecified atom stereocenters. The van der Waals surface area contributed by atoms with Gasteiger partial charge in [-0.1, -0.05) is 0 Å². The van der Waals surface area contributed by atoms with Crippen LogP contribution in [0.15, 0.2) is 0 Å². The first-order chi connectivity index (χ1) is 6.65. The van der Waals surface area contributed by atoms with E-state index >= 15 is 0 Å². The Hall–Kier alpha value is -0.860. The van der Waals surface area contributed by atoms with Crippen molar-refractivity contribution in [3.8, 4) is 0 Å². The second kappa shape index (κ2) is 5.13. The third-order valence-electron chi connectivity index (χ3n) is 1.93. The molecule has 75 valence electrons. The lowest BCUT2D eigenvalue weighted by molar-refractivity contribution is -0.142. The summed E-state index contributed by atoms with van der Waals surface area (Å²) in [6.45, 7) is 3.62. The van der Waals surface area contributed by atoms with E-state index in [1.54, 1.807) is 26.2 Å². The van der Waals surface area contributed by atoms with Crippen molar-refractivity contribution in [2.45, 2.75) is 20.3 Å². The number of hydrogen-bond acceptors (Lipinski definition) is 3. The molecular weight excluding hydrogens is 180 g/mol. The summed E-state index contributed by atoms with van der Waals surface area (Å²) in [5, 5.41) is 0. The van der Waals surface area contributed by atoms with E-state index in [2.05, 4.69) is 0 Å². The lowest BCUT2D eigenvalue weighted by Crippen LogP contribution is -2.17. The van der Waals surface area contributed by atoms with Crippen LogP contribution in [-0.4, -0.2) is 18.4 Å². The highest BCUT2D eigenvalue weighted by atomic mass is 16.5. The van der Waals surface area contributed by atoms with E-state index in [1.807, 2.05) is 0 Å². The molecule has 0 spiro atoms. The Morgan fingerprint density at radius 1 is 1.36 bits per heavy atom. The van der Waals surface area contributed by atoms with Gasteiger partial charge in [-0.2, -0.15) is 0 Å². The minimum atomic E-state index is -0.291. The van der Waals surface area contributed by atoms with Gasteiger partial charge in [0, 0.05) is 5.92 Å². The fourth-order valence-corrected chi connectivity index (χ4v) is 1.32. The van der Waals surface area contributed by atoms with E-state index in [9.17, 15) is 9.59 Å². The van der Waals surface area contributed by atoms with Crippen molar-refractivity contribution in [1.29, 1.82) is 0 Å². The van der Waals surface area contributed by atoms with Crippen molar-refractivity contribution in [3.63, 3.8) is 0 Å². The fourth-order valence-electron chi connectivity index (χ4n) is 1.32. The topological polar surface area (TPSA) is 43.4 Å². The van der Waals surface area contributed by atoms with Gasteiger partial charge in [-0.15, -0.1) is 0 Å². The molecule has 1 rings (SSSR count). The van der Waals surface area contributed by atoms with Crippen molar-refractivity contribution in [2.24, 2.45) is 0 Å². The molecule has 0 heterocycles. The van der Waals surface area contributed by atoms with Gasteiger partial charge in [0.15, 0.2) is 0 Å². The third-order valence-corrected chi connectivity index (χ3v) is 1.93. The first-order valence-corrected chi connectivity index (χ1v) is 4.56. The van der Waals surface area contributed by atoms with Crippen LogP contribution in [0, 0.1) is 31.1 Å². The highest BCUT2D eigenvalue weighted by Gasteiger charge is 2.34. The molecule has 0 aliphatic heterocycles. The van der Waals surface area contributed by atoms with Gasteiger partial charge in [0.05, 0.1) is 18.9 Å². The lowest BCUT2D eigenvalue weighted by Gasteiger charge is -2.13. The first-order valence-electron chi connectivity index (χ1n) is 4.56. The average Bonchev–Trinajstić information content (AvgIpc) is 2.52. The SMILES string of the molecule is CCOC(=O)C[C]1[CH][CH][CH][C]1C(C)=O. The molecule has 0 aromatic carbocycles. The van der Waals surface area contributed by atoms with Crippen LogP contribution in [0.4, 0.5) is 0 Å². The average molecular weight is 193 g/mol. The van der Waals surface area contributed by atoms with E-state index in [0.717, 1.165) is 5.92 Å². The number of carbonyl (C=O) groups is 2. The molecule has 3 heteroatoms. The van der Waals surface area contributed by atoms with E-state index < -0.39 is 0 Å². The quantitative estimate of drug-likeness (QED) is 0.632. The van der Waals surface area contributed by atoms with Crippen molar-refractivity contribution in [1.82, 2.24) is 0 Å². The maximum absolute atomic E-state index is 11.2. The number of ketones is 1. The van der Waals surface area contributed by atoms with Gasteiger partial charge in [0.1, 0.15) is 5.78 Å². The highest BCUT2D eigenvalue weighted by molar-refractivity contribution is 5.98. The summed E-state index contributed by atoms with van der Waals surface area (Å²) in [6, 6.07) is 0. The summed E-state index contributed by atoms with van der Waals surface area (Å²) in [5.41, 5.74) is 0. The smallest absolute Gasteiger partial charge is 0.306 e. The van der Waals surface area contributed by atoms with Crippen LogP contribution in [0.2, 0.25) is 0 Å². The van der Waals surface area contributed by atoms with Crippen molar-refractivity contribution < 1.29 is 14.3 Å². The maximum Gasteiger partial charge on any atom is 0.306 e. The van der Waals surface area contributed by atoms with Crippen LogP contribution in [-0.2, 0) is 14.3 Å². The monoisotopic (exact) mass is 193 g/mol. The number of hydrogen-bond donors (Lipinski definition) is 0. The molecule has 3 nitrogen and oxygen atoms in total. The van der Waals surface area contributed by atoms with Crippen LogP contribution in [0.25, 0.3) is 0 Å². The zero-order valence-electron chi connectivity index (χ0n) is 8.37. The Morgan fingerprint density at radius 3 is 2.64 bits per heavy atom. The van der Waals surface area contributed by atoms with Gasteiger partial charge in [0.25, 0.3) is 0 Å². The normalized spacial score (nSPS) is 18.4. The van der Waals surface area contributed by atoms with Crippen LogP contribution in [0.5, 0.6) is 0 Å². The lowest BCUT2D eigenvalue weighted by atomic mass is 9.90. The zero-order chi connectivity index (χ0) is 10.6. The van der Waals surface area contributed by atoms with Gasteiger partial charge in [0.2, 0.25) is 0 Å². The maximum atomic E-state index is 11.2. The molecule has 1 fully saturated rings. The van der Waals surface area contributed by atoms with Crippen molar-refractivity contribution >= 4 is 11.8 Å². The molecule has 0 bridgehead atoms. The van der Waals surface area contributed by atoms with E-state index in [1.165, 1.54) is 6.92 Å². The molecule has 1 aliphatic carbocycles. The summed E-state index contributed by atoms with van der Waals surface area (Å²) in [6.07, 6.45) is 5.44. The third kappa shape index (κ3) is 2.82. The minimum Gasteiger partial charge on any atom is -0.466 e. The summed E-state index contributed by atoms with van der Waals surface area (Å²) < 4.78 is 4.80. The molecule has 0 aromatic rings. The standard InChI is InChI=1S/C11H13O3/c1-3-14-11(13)7-9-5-4-6-10(9)8(2)12/h4-6H,3,7H2,1-2H3. The molecule has 0 amide bonds. The minimum absolute atomic E-state index is 0.0192. The van der Waals surface area contributed by atoms with Crippen LogP contribution >= 0.6 is 0 Å². The first kappa shape index (κ1) is 11.2. The zero-order valence-corrected chi connectivity index (χ0v) is 8.37. The summed E-state index contributed by atoms with van der Waals surface area (Å²) in [5.74, 6) is 1.05. The van der Waals surface area contributed by atoms with E-state index in [4.69, 9.17) is 4.74 Å². The molecule has 1 saturated carbocycles. The fraction of sp³-hybridized carbons (Fsp3) is 0.364. The predicted octanol–water partition coefficient (Wildman–Crippen LogP) is 1.30.